The van der Waals surface area contributed by atoms with Crippen LogP contribution in [0, 0.1) is 0 Å². The second kappa shape index (κ2) is 2.82. The van der Waals surface area contributed by atoms with Crippen molar-refractivity contribution < 1.29 is 14.2 Å². The number of nitrogens with one attached hydrogen (secondary N) is 1. The number of aliphatic carboxylic acids is 1. The van der Waals surface area contributed by atoms with Crippen LogP contribution in [0.25, 0.3) is 0 Å². The van der Waals surface area contributed by atoms with E-state index < -0.39 is 12.0 Å². The molecule has 0 amide bonds. The molecule has 0 radical (unpaired) electrons. The fourth-order valence-corrected chi connectivity index (χ4v) is 2.03. The van der Waals surface area contributed by atoms with Gasteiger partial charge in [0.15, 0.2) is 6.04 Å². The number of hydrogen-bond donors (Lipinski definition) is 1. The summed E-state index contributed by atoms with van der Waals surface area (Å²) in [5, 5.41) is 10.3. The molecule has 2 atom stereocenters. The minimum Gasteiger partial charge on any atom is -0.544 e. The predicted octanol–water partition coefficient (Wildman–Crippen LogP) is -1.64. The van der Waals surface area contributed by atoms with E-state index in [1.165, 1.54) is 18.0 Å². The van der Waals surface area contributed by atoms with Crippen LogP contribution in [0.1, 0.15) is 0 Å². The number of carbonyl (C=O) groups is 1. The van der Waals surface area contributed by atoms with Gasteiger partial charge in [-0.2, -0.15) is 0 Å². The van der Waals surface area contributed by atoms with E-state index in [0.29, 0.717) is 4.36 Å². The van der Waals surface area contributed by atoms with Gasteiger partial charge in [0.1, 0.15) is 22.3 Å². The molecule has 0 saturated heterocycles. The number of carbonyl (C=O) groups excluding carboxylic acids is 1. The summed E-state index contributed by atoms with van der Waals surface area (Å²) in [7, 11) is 1.73. The van der Waals surface area contributed by atoms with Crippen LogP contribution in [-0.2, 0) is 4.79 Å². The van der Waals surface area contributed by atoms with E-state index in [1.807, 2.05) is 0 Å². The van der Waals surface area contributed by atoms with E-state index in [2.05, 4.69) is 0 Å². The Hall–Kier alpha value is -0.190. The monoisotopic (exact) mass is 179 g/mol. The highest BCUT2D eigenvalue weighted by molar-refractivity contribution is 7.98. The Morgan fingerprint density at radius 2 is 2.60 bits per heavy atom. The first-order valence-corrected chi connectivity index (χ1v) is 3.90. The second-order valence-corrected chi connectivity index (χ2v) is 3.90. The van der Waals surface area contributed by atoms with Gasteiger partial charge in [0.05, 0.1) is 7.05 Å². The van der Waals surface area contributed by atoms with Gasteiger partial charge in [0, 0.05) is 6.08 Å². The molecular weight excluding hydrogens is 174 g/mol. The second-order valence-electron chi connectivity index (χ2n) is 1.98. The molecule has 1 heterocycles. The zero-order valence-corrected chi connectivity index (χ0v) is 6.83. The van der Waals surface area contributed by atoms with Crippen molar-refractivity contribution in [2.75, 3.05) is 7.05 Å². The third-order valence-electron chi connectivity index (χ3n) is 1.25. The summed E-state index contributed by atoms with van der Waals surface area (Å²) in [6, 6.07) is -0.600. The van der Waals surface area contributed by atoms with Crippen LogP contribution in [0.2, 0.25) is 0 Å². The molecule has 2 unspecified atom stereocenters. The first-order chi connectivity index (χ1) is 4.61. The normalized spacial score (nSPS) is 32.0. The standard InChI is InChI=1S/C5H6ClNO2S/c1-7-3(5(8)9)2-4(6)10-7/h2-3H,1H3,(H,8,9). The summed E-state index contributed by atoms with van der Waals surface area (Å²) >= 11 is 6.84. The number of rotatable bonds is 1. The van der Waals surface area contributed by atoms with Crippen molar-refractivity contribution >= 4 is 29.5 Å². The summed E-state index contributed by atoms with van der Waals surface area (Å²) in [6.07, 6.45) is 1.48. The summed E-state index contributed by atoms with van der Waals surface area (Å²) in [5.41, 5.74) is 0. The van der Waals surface area contributed by atoms with Crippen LogP contribution < -0.4 is 9.41 Å². The van der Waals surface area contributed by atoms with Gasteiger partial charge in [-0.25, -0.2) is 0 Å². The van der Waals surface area contributed by atoms with Gasteiger partial charge in [-0.3, -0.25) is 4.31 Å². The number of halogens is 1. The van der Waals surface area contributed by atoms with Gasteiger partial charge in [0.2, 0.25) is 0 Å². The van der Waals surface area contributed by atoms with Gasteiger partial charge in [-0.1, -0.05) is 11.6 Å². The highest BCUT2D eigenvalue weighted by atomic mass is 35.5. The van der Waals surface area contributed by atoms with Crippen molar-refractivity contribution in [1.29, 1.82) is 0 Å². The number of carboxylic acid groups (broad SMARTS) is 1. The van der Waals surface area contributed by atoms with Crippen LogP contribution in [-0.4, -0.2) is 19.1 Å². The lowest BCUT2D eigenvalue weighted by molar-refractivity contribution is -0.743. The summed E-state index contributed by atoms with van der Waals surface area (Å²) in [6.45, 7) is 0. The van der Waals surface area contributed by atoms with Gasteiger partial charge >= 0.3 is 0 Å². The highest BCUT2D eigenvalue weighted by Gasteiger charge is 2.27. The molecule has 0 saturated carbocycles. The predicted molar refractivity (Wildman–Crippen MR) is 37.2 cm³/mol. The average molecular weight is 180 g/mol. The van der Waals surface area contributed by atoms with E-state index in [0.717, 1.165) is 4.31 Å². The van der Waals surface area contributed by atoms with Crippen molar-refractivity contribution in [1.82, 2.24) is 0 Å². The Morgan fingerprint density at radius 1 is 2.00 bits per heavy atom. The van der Waals surface area contributed by atoms with Crippen LogP contribution in [0.4, 0.5) is 0 Å². The van der Waals surface area contributed by atoms with Crippen LogP contribution in [0.15, 0.2) is 10.4 Å². The Kier molecular flexibility index (Phi) is 2.23. The molecule has 10 heavy (non-hydrogen) atoms. The zero-order valence-electron chi connectivity index (χ0n) is 5.26. The number of carboxylic acids is 1. The molecule has 0 aromatic carbocycles. The average Bonchev–Trinajstić information content (AvgIpc) is 2.10. The Balaban J connectivity index is 2.69. The third kappa shape index (κ3) is 1.45. The maximum Gasteiger partial charge on any atom is 0.159 e. The molecule has 3 nitrogen and oxygen atoms in total. The van der Waals surface area contributed by atoms with Gasteiger partial charge in [-0.05, 0) is 0 Å². The summed E-state index contributed by atoms with van der Waals surface area (Å²) < 4.78 is 1.29. The molecule has 1 rings (SSSR count). The maximum atomic E-state index is 10.3. The number of quaternary nitrogens is 1. The minimum absolute atomic E-state index is 0.520. The summed E-state index contributed by atoms with van der Waals surface area (Å²) in [4.78, 5) is 10.3. The lowest BCUT2D eigenvalue weighted by Gasteiger charge is -2.13. The molecular formula is C5H6ClNO2S. The molecule has 0 aromatic rings. The fourth-order valence-electron chi connectivity index (χ4n) is 0.734. The Bertz CT molecular complexity index is 194. The van der Waals surface area contributed by atoms with Crippen molar-refractivity contribution in [3.05, 3.63) is 10.4 Å². The van der Waals surface area contributed by atoms with E-state index >= 15 is 0 Å². The lowest BCUT2D eigenvalue weighted by atomic mass is 10.3. The molecule has 1 aliphatic rings. The number of hydrogen-bond acceptors (Lipinski definition) is 3. The molecule has 1 N–H and O–H groups in total. The van der Waals surface area contributed by atoms with E-state index in [1.54, 1.807) is 7.05 Å². The molecule has 0 bridgehead atoms. The smallest absolute Gasteiger partial charge is 0.159 e. The molecule has 0 aliphatic carbocycles. The van der Waals surface area contributed by atoms with Crippen LogP contribution >= 0.6 is 23.5 Å². The molecule has 0 fully saturated rings. The minimum atomic E-state index is -1.08. The van der Waals surface area contributed by atoms with Crippen molar-refractivity contribution in [3.63, 3.8) is 0 Å². The molecule has 5 heteroatoms. The molecule has 1 aliphatic heterocycles. The molecule has 56 valence electrons. The quantitative estimate of drug-likeness (QED) is 0.492. The highest BCUT2D eigenvalue weighted by Crippen LogP contribution is 2.18. The van der Waals surface area contributed by atoms with Crippen LogP contribution in [0.5, 0.6) is 0 Å². The van der Waals surface area contributed by atoms with Crippen molar-refractivity contribution in [3.8, 4) is 0 Å². The first kappa shape index (κ1) is 7.91. The van der Waals surface area contributed by atoms with Gasteiger partial charge in [-0.15, -0.1) is 0 Å². The molecule has 0 spiro atoms. The maximum absolute atomic E-state index is 10.3. The number of likely N-dealkylation sites (N-methyl/N-ethyl adjacent to an activating group) is 1. The Labute approximate surface area is 67.8 Å². The zero-order chi connectivity index (χ0) is 7.72. The first-order valence-electron chi connectivity index (χ1n) is 2.70. The SMILES string of the molecule is C[NH+]1SC(Cl)=CC1C(=O)[O-]. The van der Waals surface area contributed by atoms with E-state index in [9.17, 15) is 9.90 Å². The van der Waals surface area contributed by atoms with Crippen molar-refractivity contribution in [2.45, 2.75) is 6.04 Å². The van der Waals surface area contributed by atoms with Crippen LogP contribution in [0.3, 0.4) is 0 Å². The van der Waals surface area contributed by atoms with Gasteiger partial charge in [0.25, 0.3) is 0 Å². The summed E-state index contributed by atoms with van der Waals surface area (Å²) in [5.74, 6) is -1.08. The van der Waals surface area contributed by atoms with Crippen molar-refractivity contribution in [2.24, 2.45) is 0 Å². The lowest BCUT2D eigenvalue weighted by Crippen LogP contribution is -3.06. The third-order valence-corrected chi connectivity index (χ3v) is 2.51. The van der Waals surface area contributed by atoms with Gasteiger partial charge < -0.3 is 9.90 Å². The fraction of sp³-hybridized carbons (Fsp3) is 0.400. The van der Waals surface area contributed by atoms with E-state index in [-0.39, 0.29) is 0 Å². The van der Waals surface area contributed by atoms with E-state index in [4.69, 9.17) is 11.6 Å². The largest absolute Gasteiger partial charge is 0.544 e. The Morgan fingerprint density at radius 3 is 2.80 bits per heavy atom. The molecule has 0 aromatic heterocycles. The topological polar surface area (TPSA) is 44.6 Å².